The van der Waals surface area contributed by atoms with Gasteiger partial charge in [-0.15, -0.1) is 0 Å². The first-order chi connectivity index (χ1) is 17.7. The van der Waals surface area contributed by atoms with Gasteiger partial charge < -0.3 is 14.8 Å². The molecule has 1 amide bonds. The first-order valence-corrected chi connectivity index (χ1v) is 15.2. The fourth-order valence-corrected chi connectivity index (χ4v) is 7.23. The fourth-order valence-electron chi connectivity index (χ4n) is 4.35. The molecule has 0 bridgehead atoms. The van der Waals surface area contributed by atoms with E-state index < -0.39 is 20.0 Å². The Bertz CT molecular complexity index is 1270. The molecule has 0 radical (unpaired) electrons. The van der Waals surface area contributed by atoms with Crippen LogP contribution in [0.15, 0.2) is 58.3 Å². The second-order valence-electron chi connectivity index (χ2n) is 9.12. The van der Waals surface area contributed by atoms with Crippen molar-refractivity contribution in [1.82, 2.24) is 13.9 Å². The van der Waals surface area contributed by atoms with Crippen molar-refractivity contribution in [3.63, 3.8) is 0 Å². The monoisotopic (exact) mass is 551 g/mol. The Morgan fingerprint density at radius 2 is 1.38 bits per heavy atom. The standard InChI is InChI=1S/C25H33N3O7S2/c1-20-2-6-23(7-3-20)36(30,31)27-13-10-21(11-14-27)25(29)26-12-17-35-22-4-8-24(9-5-22)37(32,33)28-15-18-34-19-16-28/h2-9,21H,10-19H2,1H3,(H,26,29). The quantitative estimate of drug-likeness (QED) is 0.470. The van der Waals surface area contributed by atoms with Gasteiger partial charge in [0.15, 0.2) is 0 Å². The lowest BCUT2D eigenvalue weighted by molar-refractivity contribution is -0.126. The first-order valence-electron chi connectivity index (χ1n) is 12.3. The van der Waals surface area contributed by atoms with Crippen LogP contribution in [0.25, 0.3) is 0 Å². The molecule has 2 aromatic rings. The summed E-state index contributed by atoms with van der Waals surface area (Å²) in [5.74, 6) is 0.127. The highest BCUT2D eigenvalue weighted by Crippen LogP contribution is 2.24. The van der Waals surface area contributed by atoms with Crippen molar-refractivity contribution in [3.05, 3.63) is 54.1 Å². The molecule has 4 rings (SSSR count). The Kier molecular flexibility index (Phi) is 8.86. The van der Waals surface area contributed by atoms with Gasteiger partial charge in [-0.3, -0.25) is 4.79 Å². The van der Waals surface area contributed by atoms with E-state index in [2.05, 4.69) is 5.32 Å². The van der Waals surface area contributed by atoms with Gasteiger partial charge in [0.2, 0.25) is 26.0 Å². The zero-order valence-corrected chi connectivity index (χ0v) is 22.5. The third kappa shape index (κ3) is 6.68. The number of nitrogens with one attached hydrogen (secondary N) is 1. The number of ether oxygens (including phenoxy) is 2. The summed E-state index contributed by atoms with van der Waals surface area (Å²) in [5.41, 5.74) is 0.993. The predicted molar refractivity (Wildman–Crippen MR) is 137 cm³/mol. The Morgan fingerprint density at radius 3 is 1.95 bits per heavy atom. The number of aryl methyl sites for hydroxylation is 1. The molecule has 0 atom stereocenters. The van der Waals surface area contributed by atoms with Crippen LogP contribution in [0.1, 0.15) is 18.4 Å². The molecule has 0 aromatic heterocycles. The van der Waals surface area contributed by atoms with Crippen LogP contribution in [0.2, 0.25) is 0 Å². The number of benzene rings is 2. The molecule has 0 saturated carbocycles. The second-order valence-corrected chi connectivity index (χ2v) is 13.0. The Labute approximate surface area is 218 Å². The van der Waals surface area contributed by atoms with E-state index >= 15 is 0 Å². The van der Waals surface area contributed by atoms with Gasteiger partial charge >= 0.3 is 0 Å². The van der Waals surface area contributed by atoms with Crippen LogP contribution < -0.4 is 10.1 Å². The van der Waals surface area contributed by atoms with Gasteiger partial charge in [0.25, 0.3) is 0 Å². The Hall–Kier alpha value is -2.51. The predicted octanol–water partition coefficient (Wildman–Crippen LogP) is 1.61. The van der Waals surface area contributed by atoms with Crippen LogP contribution in [0.4, 0.5) is 0 Å². The lowest BCUT2D eigenvalue weighted by Gasteiger charge is -2.30. The largest absolute Gasteiger partial charge is 0.492 e. The van der Waals surface area contributed by atoms with E-state index in [1.807, 2.05) is 6.92 Å². The molecule has 0 spiro atoms. The molecule has 202 valence electrons. The van der Waals surface area contributed by atoms with Crippen molar-refractivity contribution in [2.75, 3.05) is 52.5 Å². The summed E-state index contributed by atoms with van der Waals surface area (Å²) in [6.45, 7) is 4.45. The molecule has 10 nitrogen and oxygen atoms in total. The van der Waals surface area contributed by atoms with E-state index in [4.69, 9.17) is 9.47 Å². The van der Waals surface area contributed by atoms with Gasteiger partial charge in [-0.25, -0.2) is 16.8 Å². The maximum absolute atomic E-state index is 12.8. The summed E-state index contributed by atoms with van der Waals surface area (Å²) in [7, 11) is -7.12. The van der Waals surface area contributed by atoms with Crippen LogP contribution in [-0.2, 0) is 29.6 Å². The molecule has 2 saturated heterocycles. The molecule has 2 aromatic carbocycles. The summed E-state index contributed by atoms with van der Waals surface area (Å²) in [4.78, 5) is 13.0. The van der Waals surface area contributed by atoms with E-state index in [1.165, 1.54) is 20.7 Å². The van der Waals surface area contributed by atoms with Crippen molar-refractivity contribution in [3.8, 4) is 5.75 Å². The van der Waals surface area contributed by atoms with Crippen LogP contribution in [0.3, 0.4) is 0 Å². The molecule has 0 unspecified atom stereocenters. The van der Waals surface area contributed by atoms with Crippen molar-refractivity contribution >= 4 is 26.0 Å². The molecule has 37 heavy (non-hydrogen) atoms. The second kappa shape index (κ2) is 11.9. The van der Waals surface area contributed by atoms with E-state index in [-0.39, 0.29) is 34.8 Å². The van der Waals surface area contributed by atoms with Gasteiger partial charge in [-0.1, -0.05) is 17.7 Å². The number of morpholine rings is 1. The van der Waals surface area contributed by atoms with Crippen molar-refractivity contribution in [2.24, 2.45) is 5.92 Å². The number of rotatable bonds is 9. The van der Waals surface area contributed by atoms with Crippen molar-refractivity contribution in [2.45, 2.75) is 29.6 Å². The van der Waals surface area contributed by atoms with Gasteiger partial charge in [-0.2, -0.15) is 8.61 Å². The molecule has 2 heterocycles. The topological polar surface area (TPSA) is 122 Å². The number of sulfonamides is 2. The SMILES string of the molecule is Cc1ccc(S(=O)(=O)N2CCC(C(=O)NCCOc3ccc(S(=O)(=O)N4CCOCC4)cc3)CC2)cc1. The highest BCUT2D eigenvalue weighted by molar-refractivity contribution is 7.89. The van der Waals surface area contributed by atoms with Crippen LogP contribution >= 0.6 is 0 Å². The molecule has 2 fully saturated rings. The maximum Gasteiger partial charge on any atom is 0.243 e. The smallest absolute Gasteiger partial charge is 0.243 e. The highest BCUT2D eigenvalue weighted by Gasteiger charge is 2.32. The Balaban J connectivity index is 1.19. The van der Waals surface area contributed by atoms with Gasteiger partial charge in [0, 0.05) is 32.1 Å². The normalized spacial score (nSPS) is 18.4. The van der Waals surface area contributed by atoms with Gasteiger partial charge in [-0.05, 0) is 56.2 Å². The molecule has 12 heteroatoms. The minimum absolute atomic E-state index is 0.122. The van der Waals surface area contributed by atoms with Gasteiger partial charge in [0.05, 0.1) is 29.5 Å². The van der Waals surface area contributed by atoms with Crippen LogP contribution in [0, 0.1) is 12.8 Å². The van der Waals surface area contributed by atoms with Crippen LogP contribution in [0.5, 0.6) is 5.75 Å². The lowest BCUT2D eigenvalue weighted by Crippen LogP contribution is -2.43. The number of carbonyl (C=O) groups excluding carboxylic acids is 1. The summed E-state index contributed by atoms with van der Waals surface area (Å²) in [6, 6.07) is 13.0. The average Bonchev–Trinajstić information content (AvgIpc) is 2.92. The van der Waals surface area contributed by atoms with Crippen molar-refractivity contribution in [1.29, 1.82) is 0 Å². The van der Waals surface area contributed by atoms with Gasteiger partial charge in [0.1, 0.15) is 12.4 Å². The average molecular weight is 552 g/mol. The third-order valence-corrected chi connectivity index (χ3v) is 10.4. The summed E-state index contributed by atoms with van der Waals surface area (Å²) in [6.07, 6.45) is 0.910. The minimum Gasteiger partial charge on any atom is -0.492 e. The molecular weight excluding hydrogens is 518 g/mol. The van der Waals surface area contributed by atoms with Crippen LogP contribution in [-0.4, -0.2) is 83.9 Å². The summed E-state index contributed by atoms with van der Waals surface area (Å²) in [5, 5.41) is 2.85. The number of piperidine rings is 1. The fraction of sp³-hybridized carbons (Fsp3) is 0.480. The third-order valence-electron chi connectivity index (χ3n) is 6.59. The van der Waals surface area contributed by atoms with Crippen molar-refractivity contribution < 1.29 is 31.1 Å². The summed E-state index contributed by atoms with van der Waals surface area (Å²) >= 11 is 0. The minimum atomic E-state index is -3.56. The van der Waals surface area contributed by atoms with E-state index in [0.717, 1.165) is 5.56 Å². The molecular formula is C25H33N3O7S2. The molecule has 2 aliphatic heterocycles. The Morgan fingerprint density at radius 1 is 0.865 bits per heavy atom. The zero-order valence-electron chi connectivity index (χ0n) is 20.8. The number of hydrogen-bond acceptors (Lipinski definition) is 7. The number of carbonyl (C=O) groups is 1. The molecule has 1 N–H and O–H groups in total. The molecule has 0 aliphatic carbocycles. The van der Waals surface area contributed by atoms with E-state index in [0.29, 0.717) is 58.0 Å². The lowest BCUT2D eigenvalue weighted by atomic mass is 9.97. The van der Waals surface area contributed by atoms with E-state index in [9.17, 15) is 21.6 Å². The number of amides is 1. The maximum atomic E-state index is 12.8. The summed E-state index contributed by atoms with van der Waals surface area (Å²) < 4.78 is 64.8. The molecule has 2 aliphatic rings. The zero-order chi connectivity index (χ0) is 26.5. The van der Waals surface area contributed by atoms with E-state index in [1.54, 1.807) is 36.4 Å². The number of nitrogens with zero attached hydrogens (tertiary/aromatic N) is 2. The number of hydrogen-bond donors (Lipinski definition) is 1. The first kappa shape index (κ1) is 27.5. The highest BCUT2D eigenvalue weighted by atomic mass is 32.2.